The molecular weight excluding hydrogens is 470 g/mol. The Kier molecular flexibility index (Phi) is 6.84. The number of rotatable bonds is 7. The first-order valence-corrected chi connectivity index (χ1v) is 11.5. The fourth-order valence-corrected chi connectivity index (χ4v) is 4.41. The fourth-order valence-electron chi connectivity index (χ4n) is 4.28. The number of pyridine rings is 1. The number of carbonyl (C=O) groups excluding carboxylic acids is 2. The number of hydrogen-bond acceptors (Lipinski definition) is 6. The third-order valence-corrected chi connectivity index (χ3v) is 6.84. The van der Waals surface area contributed by atoms with Crippen molar-refractivity contribution in [3.63, 3.8) is 0 Å². The van der Waals surface area contributed by atoms with Gasteiger partial charge in [-0.3, -0.25) is 14.9 Å². The van der Waals surface area contributed by atoms with Crippen LogP contribution in [0.2, 0.25) is 5.02 Å². The molecule has 1 aliphatic rings. The lowest BCUT2D eigenvalue weighted by Gasteiger charge is -2.10. The minimum atomic E-state index is -0.576. The normalized spacial score (nSPS) is 16.5. The number of aromatic nitrogens is 1. The Morgan fingerprint density at radius 3 is 2.51 bits per heavy atom. The summed E-state index contributed by atoms with van der Waals surface area (Å²) >= 11 is 6.10. The van der Waals surface area contributed by atoms with E-state index >= 15 is 0 Å². The predicted octanol–water partition coefficient (Wildman–Crippen LogP) is 5.53. The molecule has 1 N–H and O–H groups in total. The van der Waals surface area contributed by atoms with Crippen molar-refractivity contribution in [2.75, 3.05) is 12.4 Å². The highest BCUT2D eigenvalue weighted by molar-refractivity contribution is 6.32. The van der Waals surface area contributed by atoms with Gasteiger partial charge in [0, 0.05) is 5.92 Å². The quantitative estimate of drug-likeness (QED) is 0.263. The second kappa shape index (κ2) is 9.84. The van der Waals surface area contributed by atoms with Gasteiger partial charge in [0.1, 0.15) is 0 Å². The number of nitrogens with one attached hydrogen (secondary N) is 1. The molecular formula is C26H24ClN3O5. The topological polar surface area (TPSA) is 111 Å². The Morgan fingerprint density at radius 1 is 1.17 bits per heavy atom. The zero-order valence-electron chi connectivity index (χ0n) is 19.5. The van der Waals surface area contributed by atoms with E-state index in [1.54, 1.807) is 19.1 Å². The number of methoxy groups -OCH3 is 1. The number of nitrogens with zero attached hydrogens (tertiary/aromatic N) is 2. The molecule has 1 amide bonds. The van der Waals surface area contributed by atoms with Gasteiger partial charge in [-0.2, -0.15) is 0 Å². The Balaban J connectivity index is 1.43. The zero-order valence-corrected chi connectivity index (χ0v) is 20.3. The zero-order chi connectivity index (χ0) is 25.3. The lowest BCUT2D eigenvalue weighted by molar-refractivity contribution is -0.384. The molecule has 0 saturated heterocycles. The van der Waals surface area contributed by atoms with Crippen LogP contribution in [0.1, 0.15) is 33.6 Å². The van der Waals surface area contributed by atoms with E-state index < -0.39 is 10.9 Å². The molecule has 0 aliphatic heterocycles. The Labute approximate surface area is 207 Å². The molecule has 4 rings (SSSR count). The number of aryl methyl sites for hydroxylation is 1. The third kappa shape index (κ3) is 5.02. The van der Waals surface area contributed by atoms with E-state index in [2.05, 4.69) is 10.3 Å². The number of halogens is 1. The smallest absolute Gasteiger partial charge is 0.338 e. The summed E-state index contributed by atoms with van der Waals surface area (Å²) in [5, 5.41) is 14.4. The van der Waals surface area contributed by atoms with Crippen LogP contribution in [0, 0.1) is 35.8 Å². The van der Waals surface area contributed by atoms with Crippen LogP contribution < -0.4 is 5.32 Å². The molecule has 8 nitrogen and oxygen atoms in total. The van der Waals surface area contributed by atoms with E-state index in [0.29, 0.717) is 24.1 Å². The minimum absolute atomic E-state index is 0.0707. The van der Waals surface area contributed by atoms with E-state index in [9.17, 15) is 19.7 Å². The number of anilines is 1. The number of hydrogen-bond donors (Lipinski definition) is 1. The first kappa shape index (κ1) is 24.3. The molecule has 0 bridgehead atoms. The van der Waals surface area contributed by atoms with Crippen molar-refractivity contribution in [1.29, 1.82) is 0 Å². The van der Waals surface area contributed by atoms with Gasteiger partial charge in [-0.05, 0) is 55.4 Å². The molecule has 2 unspecified atom stereocenters. The molecule has 2 aromatic carbocycles. The average molecular weight is 494 g/mol. The number of ether oxygens (including phenoxy) is 1. The SMILES string of the molecule is COC(=O)c1ccccc1-c1ccc(CC2CC2C(=O)Nc2nc(C)c(Cl)c(C)c2[N+](=O)[O-])cc1. The van der Waals surface area contributed by atoms with Crippen molar-refractivity contribution in [1.82, 2.24) is 4.98 Å². The summed E-state index contributed by atoms with van der Waals surface area (Å²) in [6.45, 7) is 3.18. The molecule has 2 atom stereocenters. The lowest BCUT2D eigenvalue weighted by atomic mass is 9.97. The molecule has 9 heteroatoms. The van der Waals surface area contributed by atoms with Crippen LogP contribution in [0.15, 0.2) is 48.5 Å². The van der Waals surface area contributed by atoms with E-state index in [-0.39, 0.29) is 39.8 Å². The minimum Gasteiger partial charge on any atom is -0.465 e. The van der Waals surface area contributed by atoms with Crippen LogP contribution in [0.3, 0.4) is 0 Å². The van der Waals surface area contributed by atoms with Crippen LogP contribution in [0.5, 0.6) is 0 Å². The highest BCUT2D eigenvalue weighted by atomic mass is 35.5. The van der Waals surface area contributed by atoms with E-state index in [0.717, 1.165) is 16.7 Å². The van der Waals surface area contributed by atoms with Crippen molar-refractivity contribution in [2.24, 2.45) is 11.8 Å². The molecule has 1 aliphatic carbocycles. The first-order valence-electron chi connectivity index (χ1n) is 11.1. The maximum Gasteiger partial charge on any atom is 0.338 e. The van der Waals surface area contributed by atoms with Gasteiger partial charge < -0.3 is 10.1 Å². The van der Waals surface area contributed by atoms with Gasteiger partial charge in [0.05, 0.1) is 33.9 Å². The molecule has 180 valence electrons. The molecule has 0 radical (unpaired) electrons. The number of esters is 1. The molecule has 0 spiro atoms. The summed E-state index contributed by atoms with van der Waals surface area (Å²) in [5.41, 5.74) is 3.66. The largest absolute Gasteiger partial charge is 0.465 e. The summed E-state index contributed by atoms with van der Waals surface area (Å²) in [6.07, 6.45) is 1.39. The van der Waals surface area contributed by atoms with Crippen LogP contribution in [0.25, 0.3) is 11.1 Å². The van der Waals surface area contributed by atoms with Crippen molar-refractivity contribution < 1.29 is 19.2 Å². The van der Waals surface area contributed by atoms with Gasteiger partial charge in [-0.15, -0.1) is 0 Å². The summed E-state index contributed by atoms with van der Waals surface area (Å²) < 4.78 is 4.87. The number of carbonyl (C=O) groups is 2. The van der Waals surface area contributed by atoms with Gasteiger partial charge in [-0.1, -0.05) is 54.1 Å². The maximum absolute atomic E-state index is 12.8. The molecule has 1 fully saturated rings. The fraction of sp³-hybridized carbons (Fsp3) is 0.269. The van der Waals surface area contributed by atoms with E-state index in [1.165, 1.54) is 14.0 Å². The van der Waals surface area contributed by atoms with Crippen molar-refractivity contribution in [3.05, 3.63) is 86.1 Å². The van der Waals surface area contributed by atoms with Gasteiger partial charge in [0.15, 0.2) is 0 Å². The van der Waals surface area contributed by atoms with Crippen molar-refractivity contribution in [3.8, 4) is 11.1 Å². The van der Waals surface area contributed by atoms with Crippen molar-refractivity contribution in [2.45, 2.75) is 26.7 Å². The highest BCUT2D eigenvalue weighted by Crippen LogP contribution is 2.43. The summed E-state index contributed by atoms with van der Waals surface area (Å²) in [7, 11) is 1.36. The van der Waals surface area contributed by atoms with Gasteiger partial charge >= 0.3 is 11.7 Å². The summed E-state index contributed by atoms with van der Waals surface area (Å²) in [6, 6.07) is 15.1. The number of amides is 1. The number of nitro groups is 1. The predicted molar refractivity (Wildman–Crippen MR) is 133 cm³/mol. The van der Waals surface area contributed by atoms with E-state index in [1.807, 2.05) is 36.4 Å². The van der Waals surface area contributed by atoms with Crippen LogP contribution in [-0.4, -0.2) is 28.9 Å². The Hall–Kier alpha value is -3.78. The highest BCUT2D eigenvalue weighted by Gasteiger charge is 2.43. The second-order valence-corrected chi connectivity index (χ2v) is 9.00. The Bertz CT molecular complexity index is 1320. The summed E-state index contributed by atoms with van der Waals surface area (Å²) in [5.74, 6) is -0.851. The lowest BCUT2D eigenvalue weighted by Crippen LogP contribution is -2.18. The first-order chi connectivity index (χ1) is 16.7. The van der Waals surface area contributed by atoms with Gasteiger partial charge in [0.25, 0.3) is 0 Å². The molecule has 1 heterocycles. The molecule has 35 heavy (non-hydrogen) atoms. The maximum atomic E-state index is 12.8. The molecule has 1 saturated carbocycles. The average Bonchev–Trinajstić information content (AvgIpc) is 3.61. The second-order valence-electron chi connectivity index (χ2n) is 8.62. The van der Waals surface area contributed by atoms with Gasteiger partial charge in [-0.25, -0.2) is 9.78 Å². The van der Waals surface area contributed by atoms with E-state index in [4.69, 9.17) is 16.3 Å². The Morgan fingerprint density at radius 2 is 1.86 bits per heavy atom. The van der Waals surface area contributed by atoms with Gasteiger partial charge in [0.2, 0.25) is 11.7 Å². The third-order valence-electron chi connectivity index (χ3n) is 6.28. The van der Waals surface area contributed by atoms with Crippen LogP contribution in [-0.2, 0) is 16.0 Å². The summed E-state index contributed by atoms with van der Waals surface area (Å²) in [4.78, 5) is 39.9. The van der Waals surface area contributed by atoms with Crippen molar-refractivity contribution >= 4 is 35.0 Å². The standard InChI is InChI=1S/C26H24ClN3O5/c1-14-22(27)15(2)28-24(23(14)30(33)34)29-25(31)21-13-18(21)12-16-8-10-17(11-9-16)19-6-4-5-7-20(19)26(32)35-3/h4-11,18,21H,12-13H2,1-3H3,(H,28,29,31). The monoisotopic (exact) mass is 493 g/mol. The van der Waals surface area contributed by atoms with Crippen LogP contribution >= 0.6 is 11.6 Å². The van der Waals surface area contributed by atoms with Crippen LogP contribution in [0.4, 0.5) is 11.5 Å². The number of benzene rings is 2. The molecule has 3 aromatic rings. The molecule has 1 aromatic heterocycles.